The molecule has 0 bridgehead atoms. The van der Waals surface area contributed by atoms with Gasteiger partial charge in [0.25, 0.3) is 0 Å². The molecular weight excluding hydrogens is 232 g/mol. The van der Waals surface area contributed by atoms with Crippen molar-refractivity contribution in [1.29, 1.82) is 0 Å². The highest BCUT2D eigenvalue weighted by Gasteiger charge is 2.18. The summed E-state index contributed by atoms with van der Waals surface area (Å²) in [7, 11) is 0. The zero-order valence-corrected chi connectivity index (χ0v) is 11.3. The number of benzene rings is 1. The predicted molar refractivity (Wildman–Crippen MR) is 73.1 cm³/mol. The van der Waals surface area contributed by atoms with Gasteiger partial charge in [-0.3, -0.25) is 4.79 Å². The Balaban J connectivity index is 2.47. The van der Waals surface area contributed by atoms with E-state index in [4.69, 9.17) is 4.74 Å². The minimum Gasteiger partial charge on any atom is -0.465 e. The van der Waals surface area contributed by atoms with Crippen molar-refractivity contribution in [2.24, 2.45) is 0 Å². The number of thioether (sulfide) groups is 1. The molecule has 1 aromatic rings. The van der Waals surface area contributed by atoms with Gasteiger partial charge < -0.3 is 4.74 Å². The van der Waals surface area contributed by atoms with Crippen molar-refractivity contribution in [2.75, 3.05) is 6.61 Å². The van der Waals surface area contributed by atoms with Crippen molar-refractivity contribution in [3.05, 3.63) is 35.9 Å². The Hall–Kier alpha value is -0.960. The third-order valence-corrected chi connectivity index (χ3v) is 3.72. The average molecular weight is 252 g/mol. The van der Waals surface area contributed by atoms with Gasteiger partial charge in [-0.15, -0.1) is 11.8 Å². The number of rotatable bonds is 7. The lowest BCUT2D eigenvalue weighted by Crippen LogP contribution is -2.20. The van der Waals surface area contributed by atoms with Crippen LogP contribution in [0.4, 0.5) is 0 Å². The molecule has 0 heterocycles. The first-order valence-electron chi connectivity index (χ1n) is 6.10. The summed E-state index contributed by atoms with van der Waals surface area (Å²) in [5, 5.41) is -0.0276. The summed E-state index contributed by atoms with van der Waals surface area (Å²) in [5.41, 5.74) is 1.25. The van der Waals surface area contributed by atoms with Gasteiger partial charge in [0.2, 0.25) is 0 Å². The van der Waals surface area contributed by atoms with Crippen LogP contribution in [0.3, 0.4) is 0 Å². The van der Waals surface area contributed by atoms with Crippen LogP contribution in [-0.2, 0) is 15.3 Å². The maximum absolute atomic E-state index is 11.7. The molecule has 1 atom stereocenters. The largest absolute Gasteiger partial charge is 0.465 e. The van der Waals surface area contributed by atoms with Crippen molar-refractivity contribution in [3.8, 4) is 0 Å². The topological polar surface area (TPSA) is 26.3 Å². The molecule has 0 aliphatic carbocycles. The van der Waals surface area contributed by atoms with E-state index in [-0.39, 0.29) is 11.2 Å². The molecule has 0 aromatic heterocycles. The van der Waals surface area contributed by atoms with Crippen LogP contribution in [0.2, 0.25) is 0 Å². The molecule has 0 amide bonds. The van der Waals surface area contributed by atoms with Gasteiger partial charge in [-0.05, 0) is 18.9 Å². The van der Waals surface area contributed by atoms with Crippen LogP contribution in [-0.4, -0.2) is 17.8 Å². The second-order valence-corrected chi connectivity index (χ2v) is 5.02. The molecule has 1 aromatic carbocycles. The molecule has 1 rings (SSSR count). The summed E-state index contributed by atoms with van der Waals surface area (Å²) in [6, 6.07) is 10.2. The minimum atomic E-state index is -0.0738. The lowest BCUT2D eigenvalue weighted by Gasteiger charge is -2.14. The highest BCUT2D eigenvalue weighted by molar-refractivity contribution is 7.99. The summed E-state index contributed by atoms with van der Waals surface area (Å²) in [5.74, 6) is 0.792. The van der Waals surface area contributed by atoms with Crippen LogP contribution in [0.1, 0.15) is 32.3 Å². The molecule has 0 saturated carbocycles. The van der Waals surface area contributed by atoms with E-state index in [9.17, 15) is 4.79 Å². The first kappa shape index (κ1) is 14.1. The third-order valence-electron chi connectivity index (χ3n) is 2.39. The molecule has 0 N–H and O–H groups in total. The van der Waals surface area contributed by atoms with Gasteiger partial charge in [0.1, 0.15) is 5.25 Å². The summed E-state index contributed by atoms with van der Waals surface area (Å²) in [4.78, 5) is 11.7. The Morgan fingerprint density at radius 1 is 1.29 bits per heavy atom. The Bertz CT molecular complexity index is 324. The first-order chi connectivity index (χ1) is 8.27. The second-order valence-electron chi connectivity index (χ2n) is 3.83. The van der Waals surface area contributed by atoms with Gasteiger partial charge in [-0.2, -0.15) is 0 Å². The molecule has 0 radical (unpaired) electrons. The molecule has 0 saturated heterocycles. The Morgan fingerprint density at radius 3 is 2.59 bits per heavy atom. The van der Waals surface area contributed by atoms with Crippen molar-refractivity contribution in [3.63, 3.8) is 0 Å². The van der Waals surface area contributed by atoms with Crippen molar-refractivity contribution in [2.45, 2.75) is 37.7 Å². The molecule has 2 nitrogen and oxygen atoms in total. The highest BCUT2D eigenvalue weighted by Crippen LogP contribution is 2.22. The monoisotopic (exact) mass is 252 g/mol. The van der Waals surface area contributed by atoms with E-state index < -0.39 is 0 Å². The standard InChI is InChI=1S/C14H20O2S/c1-3-8-13(14(15)16-4-2)17-11-12-9-6-5-7-10-12/h5-7,9-10,13H,3-4,8,11H2,1-2H3. The highest BCUT2D eigenvalue weighted by atomic mass is 32.2. The van der Waals surface area contributed by atoms with Gasteiger partial charge in [0.15, 0.2) is 0 Å². The van der Waals surface area contributed by atoms with E-state index >= 15 is 0 Å². The van der Waals surface area contributed by atoms with E-state index in [1.54, 1.807) is 11.8 Å². The number of hydrogen-bond donors (Lipinski definition) is 0. The maximum Gasteiger partial charge on any atom is 0.319 e. The maximum atomic E-state index is 11.7. The normalized spacial score (nSPS) is 12.1. The van der Waals surface area contributed by atoms with Gasteiger partial charge in [-0.25, -0.2) is 0 Å². The van der Waals surface area contributed by atoms with Crippen LogP contribution in [0.15, 0.2) is 30.3 Å². The quantitative estimate of drug-likeness (QED) is 0.693. The molecule has 94 valence electrons. The van der Waals surface area contributed by atoms with E-state index in [1.807, 2.05) is 25.1 Å². The summed E-state index contributed by atoms with van der Waals surface area (Å²) in [6.45, 7) is 4.41. The number of ether oxygens (including phenoxy) is 1. The molecule has 0 aliphatic rings. The van der Waals surface area contributed by atoms with Crippen LogP contribution < -0.4 is 0 Å². The SMILES string of the molecule is CCCC(SCc1ccccc1)C(=O)OCC. The molecular formula is C14H20O2S. The fourth-order valence-electron chi connectivity index (χ4n) is 1.54. The van der Waals surface area contributed by atoms with E-state index in [0.717, 1.165) is 18.6 Å². The van der Waals surface area contributed by atoms with Gasteiger partial charge in [0.05, 0.1) is 6.61 Å². The van der Waals surface area contributed by atoms with E-state index in [2.05, 4.69) is 19.1 Å². The molecule has 17 heavy (non-hydrogen) atoms. The van der Waals surface area contributed by atoms with E-state index in [1.165, 1.54) is 5.56 Å². The van der Waals surface area contributed by atoms with Crippen LogP contribution >= 0.6 is 11.8 Å². The zero-order valence-electron chi connectivity index (χ0n) is 10.5. The lowest BCUT2D eigenvalue weighted by molar-refractivity contribution is -0.142. The summed E-state index contributed by atoms with van der Waals surface area (Å²) in [6.07, 6.45) is 1.89. The summed E-state index contributed by atoms with van der Waals surface area (Å²) < 4.78 is 5.09. The molecule has 0 fully saturated rings. The minimum absolute atomic E-state index is 0.0276. The van der Waals surface area contributed by atoms with Gasteiger partial charge in [-0.1, -0.05) is 43.7 Å². The zero-order chi connectivity index (χ0) is 12.5. The lowest BCUT2D eigenvalue weighted by atomic mass is 10.2. The summed E-state index contributed by atoms with van der Waals surface area (Å²) >= 11 is 1.67. The predicted octanol–water partition coefficient (Wildman–Crippen LogP) is 3.65. The van der Waals surface area contributed by atoms with Crippen LogP contribution in [0.25, 0.3) is 0 Å². The fraction of sp³-hybridized carbons (Fsp3) is 0.500. The van der Waals surface area contributed by atoms with Crippen LogP contribution in [0.5, 0.6) is 0 Å². The number of carbonyl (C=O) groups is 1. The van der Waals surface area contributed by atoms with Crippen LogP contribution in [0, 0.1) is 0 Å². The first-order valence-corrected chi connectivity index (χ1v) is 7.15. The van der Waals surface area contributed by atoms with Gasteiger partial charge >= 0.3 is 5.97 Å². The average Bonchev–Trinajstić information content (AvgIpc) is 2.36. The molecule has 0 aliphatic heterocycles. The Morgan fingerprint density at radius 2 is 2.00 bits per heavy atom. The number of hydrogen-bond acceptors (Lipinski definition) is 3. The van der Waals surface area contributed by atoms with Crippen molar-refractivity contribution in [1.82, 2.24) is 0 Å². The fourth-order valence-corrected chi connectivity index (χ4v) is 2.73. The molecule has 3 heteroatoms. The number of esters is 1. The second kappa shape index (κ2) is 8.18. The van der Waals surface area contributed by atoms with Crippen molar-refractivity contribution >= 4 is 17.7 Å². The third kappa shape index (κ3) is 5.26. The smallest absolute Gasteiger partial charge is 0.319 e. The number of carbonyl (C=O) groups excluding carboxylic acids is 1. The van der Waals surface area contributed by atoms with Crippen molar-refractivity contribution < 1.29 is 9.53 Å². The molecule has 1 unspecified atom stereocenters. The Kier molecular flexibility index (Phi) is 6.78. The Labute approximate surface area is 108 Å². The van der Waals surface area contributed by atoms with Gasteiger partial charge in [0, 0.05) is 5.75 Å². The molecule has 0 spiro atoms. The van der Waals surface area contributed by atoms with E-state index in [0.29, 0.717) is 6.61 Å².